The number of amides is 3. The molecular formula is C23H18Cl3FN4O4S. The molecular weight excluding hydrogens is 554 g/mol. The third kappa shape index (κ3) is 6.79. The molecule has 188 valence electrons. The van der Waals surface area contributed by atoms with E-state index in [1.807, 2.05) is 0 Å². The lowest BCUT2D eigenvalue weighted by Gasteiger charge is -2.33. The number of hydrogen-bond donors (Lipinski definition) is 3. The van der Waals surface area contributed by atoms with Gasteiger partial charge in [0.25, 0.3) is 0 Å². The standard InChI is InChI=1S/C23H18Cl3FN4O4S/c24-23(25,26)21(30(36)22(33)28-16-11-12-17(27)18(13-16)31(34)35)29-20(32)19(14-7-3-1-4-8-14)15-9-5-2-6-10-15/h1-13,19,21,36H,(H,28,33)(H,29,32). The largest absolute Gasteiger partial charge is 0.333 e. The molecule has 0 saturated heterocycles. The Bertz CT molecular complexity index is 1210. The molecule has 36 heavy (non-hydrogen) atoms. The van der Waals surface area contributed by atoms with Crippen molar-refractivity contribution in [1.82, 2.24) is 9.62 Å². The average Bonchev–Trinajstić information content (AvgIpc) is 2.84. The van der Waals surface area contributed by atoms with Crippen LogP contribution in [0.5, 0.6) is 0 Å². The highest BCUT2D eigenvalue weighted by Gasteiger charge is 2.41. The Balaban J connectivity index is 1.86. The number of benzene rings is 3. The highest BCUT2D eigenvalue weighted by atomic mass is 35.6. The van der Waals surface area contributed by atoms with Crippen LogP contribution in [0.4, 0.5) is 20.6 Å². The molecule has 0 saturated carbocycles. The van der Waals surface area contributed by atoms with Gasteiger partial charge < -0.3 is 10.6 Å². The summed E-state index contributed by atoms with van der Waals surface area (Å²) in [7, 11) is 0. The van der Waals surface area contributed by atoms with Crippen LogP contribution in [0.2, 0.25) is 0 Å². The van der Waals surface area contributed by atoms with Crippen LogP contribution in [0.3, 0.4) is 0 Å². The molecule has 3 aromatic carbocycles. The van der Waals surface area contributed by atoms with E-state index in [9.17, 15) is 24.1 Å². The first-order valence-corrected chi connectivity index (χ1v) is 11.7. The normalized spacial score (nSPS) is 12.1. The van der Waals surface area contributed by atoms with Gasteiger partial charge in [0.05, 0.1) is 10.8 Å². The Hall–Kier alpha value is -3.05. The van der Waals surface area contributed by atoms with Crippen molar-refractivity contribution in [2.75, 3.05) is 5.32 Å². The van der Waals surface area contributed by atoms with Gasteiger partial charge in [0.15, 0.2) is 6.17 Å². The van der Waals surface area contributed by atoms with Crippen LogP contribution in [0, 0.1) is 15.9 Å². The van der Waals surface area contributed by atoms with Crippen LogP contribution >= 0.6 is 47.6 Å². The number of alkyl halides is 3. The number of nitro benzene ring substituents is 1. The van der Waals surface area contributed by atoms with Gasteiger partial charge in [-0.1, -0.05) is 108 Å². The zero-order valence-electron chi connectivity index (χ0n) is 18.1. The minimum atomic E-state index is -2.23. The second-order valence-corrected chi connectivity index (χ2v) is 10.2. The van der Waals surface area contributed by atoms with Gasteiger partial charge in [0, 0.05) is 11.8 Å². The number of rotatable bonds is 7. The number of nitrogens with zero attached hydrogens (tertiary/aromatic N) is 2. The number of nitrogens with one attached hydrogen (secondary N) is 2. The maximum absolute atomic E-state index is 13.6. The van der Waals surface area contributed by atoms with E-state index in [1.165, 1.54) is 0 Å². The zero-order chi connectivity index (χ0) is 26.5. The van der Waals surface area contributed by atoms with Crippen LogP contribution in [0.1, 0.15) is 17.0 Å². The van der Waals surface area contributed by atoms with Gasteiger partial charge in [-0.2, -0.15) is 4.39 Å². The minimum absolute atomic E-state index is 0.118. The molecule has 8 nitrogen and oxygen atoms in total. The SMILES string of the molecule is O=C(NC(N(S)C(=O)Nc1ccc(F)c([N+](=O)[O-])c1)C(Cl)(Cl)Cl)C(c1ccccc1)c1ccccc1. The van der Waals surface area contributed by atoms with Crippen LogP contribution in [0.25, 0.3) is 0 Å². The van der Waals surface area contributed by atoms with E-state index in [0.29, 0.717) is 15.4 Å². The van der Waals surface area contributed by atoms with Gasteiger partial charge in [-0.15, -0.1) is 0 Å². The van der Waals surface area contributed by atoms with Crippen LogP contribution in [-0.2, 0) is 4.79 Å². The smallest absolute Gasteiger partial charge is 0.331 e. The highest BCUT2D eigenvalue weighted by Crippen LogP contribution is 2.35. The average molecular weight is 572 g/mol. The van der Waals surface area contributed by atoms with Crippen LogP contribution in [0.15, 0.2) is 78.9 Å². The topological polar surface area (TPSA) is 105 Å². The number of halogens is 4. The summed E-state index contributed by atoms with van der Waals surface area (Å²) in [6.45, 7) is 0. The summed E-state index contributed by atoms with van der Waals surface area (Å²) >= 11 is 22.3. The number of carbonyl (C=O) groups excluding carboxylic acids is 2. The lowest BCUT2D eigenvalue weighted by molar-refractivity contribution is -0.387. The van der Waals surface area contributed by atoms with Crippen molar-refractivity contribution in [3.8, 4) is 0 Å². The monoisotopic (exact) mass is 570 g/mol. The Kier molecular flexibility index (Phi) is 9.02. The Morgan fingerprint density at radius 2 is 1.50 bits per heavy atom. The number of hydrogen-bond acceptors (Lipinski definition) is 5. The fraction of sp³-hybridized carbons (Fsp3) is 0.130. The number of nitro groups is 1. The molecule has 0 radical (unpaired) electrons. The first-order valence-electron chi connectivity index (χ1n) is 10.2. The molecule has 0 fully saturated rings. The molecule has 13 heteroatoms. The molecule has 1 atom stereocenters. The number of thiol groups is 1. The summed E-state index contributed by atoms with van der Waals surface area (Å²) in [6, 6.07) is 19.4. The minimum Gasteiger partial charge on any atom is -0.331 e. The summed E-state index contributed by atoms with van der Waals surface area (Å²) in [4.78, 5) is 36.3. The lowest BCUT2D eigenvalue weighted by atomic mass is 9.90. The maximum Gasteiger partial charge on any atom is 0.333 e. The molecule has 3 rings (SSSR count). The van der Waals surface area contributed by atoms with E-state index in [2.05, 4.69) is 23.4 Å². The van der Waals surface area contributed by atoms with Crippen molar-refractivity contribution < 1.29 is 18.9 Å². The third-order valence-electron chi connectivity index (χ3n) is 4.96. The first kappa shape index (κ1) is 27.5. The molecule has 0 spiro atoms. The van der Waals surface area contributed by atoms with Gasteiger partial charge in [0.1, 0.15) is 0 Å². The molecule has 3 aromatic rings. The van der Waals surface area contributed by atoms with Gasteiger partial charge in [0.2, 0.25) is 15.5 Å². The summed E-state index contributed by atoms with van der Waals surface area (Å²) in [5.74, 6) is -2.49. The fourth-order valence-corrected chi connectivity index (χ4v) is 4.26. The first-order chi connectivity index (χ1) is 17.0. The molecule has 0 bridgehead atoms. The molecule has 0 heterocycles. The quantitative estimate of drug-likeness (QED) is 0.105. The Labute approximate surface area is 226 Å². The molecule has 0 aromatic heterocycles. The fourth-order valence-electron chi connectivity index (χ4n) is 3.31. The van der Waals surface area contributed by atoms with Gasteiger partial charge in [-0.3, -0.25) is 14.9 Å². The number of urea groups is 1. The molecule has 0 aliphatic rings. The second kappa shape index (κ2) is 11.8. The maximum atomic E-state index is 13.6. The van der Waals surface area contributed by atoms with Gasteiger partial charge >= 0.3 is 11.7 Å². The Morgan fingerprint density at radius 3 is 1.97 bits per heavy atom. The summed E-state index contributed by atoms with van der Waals surface area (Å²) in [6.07, 6.45) is -1.58. The molecule has 0 aliphatic carbocycles. The van der Waals surface area contributed by atoms with Crippen molar-refractivity contribution in [3.05, 3.63) is 106 Å². The van der Waals surface area contributed by atoms with Gasteiger partial charge in [-0.25, -0.2) is 9.10 Å². The molecule has 1 unspecified atom stereocenters. The highest BCUT2D eigenvalue weighted by molar-refractivity contribution is 7.78. The van der Waals surface area contributed by atoms with E-state index >= 15 is 0 Å². The molecule has 3 amide bonds. The zero-order valence-corrected chi connectivity index (χ0v) is 21.3. The van der Waals surface area contributed by atoms with Crippen molar-refractivity contribution in [2.45, 2.75) is 15.9 Å². The van der Waals surface area contributed by atoms with Crippen molar-refractivity contribution in [3.63, 3.8) is 0 Å². The predicted molar refractivity (Wildman–Crippen MR) is 140 cm³/mol. The molecule has 2 N–H and O–H groups in total. The van der Waals surface area contributed by atoms with Gasteiger partial charge in [-0.05, 0) is 23.3 Å². The lowest BCUT2D eigenvalue weighted by Crippen LogP contribution is -2.55. The van der Waals surface area contributed by atoms with Crippen molar-refractivity contribution in [1.29, 1.82) is 0 Å². The third-order valence-corrected chi connectivity index (χ3v) is 6.00. The van der Waals surface area contributed by atoms with E-state index < -0.39 is 44.2 Å². The summed E-state index contributed by atoms with van der Waals surface area (Å²) in [5, 5.41) is 15.8. The van der Waals surface area contributed by atoms with E-state index in [4.69, 9.17) is 34.8 Å². The molecule has 0 aliphatic heterocycles. The van der Waals surface area contributed by atoms with Crippen LogP contribution < -0.4 is 10.6 Å². The second-order valence-electron chi connectivity index (χ2n) is 7.41. The predicted octanol–water partition coefficient (Wildman–Crippen LogP) is 6.06. The number of carbonyl (C=O) groups is 2. The number of anilines is 1. The van der Waals surface area contributed by atoms with E-state index in [0.717, 1.165) is 18.2 Å². The van der Waals surface area contributed by atoms with Crippen molar-refractivity contribution >= 4 is 70.9 Å². The van der Waals surface area contributed by atoms with Crippen LogP contribution in [-0.4, -0.2) is 31.1 Å². The van der Waals surface area contributed by atoms with E-state index in [-0.39, 0.29) is 5.69 Å². The summed E-state index contributed by atoms with van der Waals surface area (Å²) < 4.78 is 12.0. The van der Waals surface area contributed by atoms with E-state index in [1.54, 1.807) is 60.7 Å². The summed E-state index contributed by atoms with van der Waals surface area (Å²) in [5.41, 5.74) is 0.336. The Morgan fingerprint density at radius 1 is 0.972 bits per heavy atom. The van der Waals surface area contributed by atoms with Crippen molar-refractivity contribution in [2.24, 2.45) is 0 Å².